The number of pyridine rings is 1. The lowest BCUT2D eigenvalue weighted by molar-refractivity contribution is -0.0226. The van der Waals surface area contributed by atoms with Gasteiger partial charge in [0.2, 0.25) is 0 Å². The molecule has 2 saturated heterocycles. The van der Waals surface area contributed by atoms with Gasteiger partial charge < -0.3 is 15.4 Å². The number of hydrogen-bond donors (Lipinski definition) is 3. The van der Waals surface area contributed by atoms with Gasteiger partial charge in [0.1, 0.15) is 5.82 Å². The molecule has 0 aliphatic carbocycles. The summed E-state index contributed by atoms with van der Waals surface area (Å²) in [5.74, 6) is -0.400. The molecule has 4 rings (SSSR count). The number of aromatic amines is 1. The van der Waals surface area contributed by atoms with Crippen molar-refractivity contribution in [3.05, 3.63) is 46.0 Å². The summed E-state index contributed by atoms with van der Waals surface area (Å²) in [4.78, 5) is 17.8. The van der Waals surface area contributed by atoms with Gasteiger partial charge in [0.05, 0.1) is 6.61 Å². The van der Waals surface area contributed by atoms with Gasteiger partial charge in [0.15, 0.2) is 5.43 Å². The van der Waals surface area contributed by atoms with Crippen molar-refractivity contribution in [2.75, 3.05) is 26.2 Å². The maximum absolute atomic E-state index is 13.3. The van der Waals surface area contributed by atoms with Crippen molar-refractivity contribution in [1.29, 1.82) is 0 Å². The van der Waals surface area contributed by atoms with Gasteiger partial charge in [0, 0.05) is 53.8 Å². The number of H-pyrrole nitrogens is 1. The van der Waals surface area contributed by atoms with Crippen molar-refractivity contribution in [1.82, 2.24) is 15.2 Å². The monoisotopic (exact) mass is 345 g/mol. The van der Waals surface area contributed by atoms with Crippen LogP contribution in [0.15, 0.2) is 29.1 Å². The molecule has 25 heavy (non-hydrogen) atoms. The van der Waals surface area contributed by atoms with Crippen LogP contribution in [0.5, 0.6) is 0 Å². The minimum atomic E-state index is -0.400. The minimum Gasteiger partial charge on any atom is -0.396 e. The highest BCUT2D eigenvalue weighted by Gasteiger charge is 2.44. The first-order valence-electron chi connectivity index (χ1n) is 8.98. The molecule has 1 aromatic carbocycles. The van der Waals surface area contributed by atoms with Gasteiger partial charge in [-0.25, -0.2) is 4.39 Å². The van der Waals surface area contributed by atoms with Crippen molar-refractivity contribution in [3.8, 4) is 0 Å². The third-order valence-corrected chi connectivity index (χ3v) is 5.81. The number of nitrogens with zero attached hydrogens (tertiary/aromatic N) is 1. The van der Waals surface area contributed by atoms with Crippen molar-refractivity contribution in [2.24, 2.45) is 5.41 Å². The molecule has 0 spiro atoms. The Balaban J connectivity index is 1.57. The fraction of sp³-hybridized carbons (Fsp3) is 0.526. The Hall–Kier alpha value is -1.76. The van der Waals surface area contributed by atoms with E-state index in [2.05, 4.69) is 15.2 Å². The molecule has 3 heterocycles. The van der Waals surface area contributed by atoms with E-state index in [1.165, 1.54) is 12.1 Å². The smallest absolute Gasteiger partial charge is 0.189 e. The molecule has 0 bridgehead atoms. The predicted molar refractivity (Wildman–Crippen MR) is 95.0 cm³/mol. The fourth-order valence-corrected chi connectivity index (χ4v) is 4.52. The second-order valence-corrected chi connectivity index (χ2v) is 7.48. The van der Waals surface area contributed by atoms with Crippen molar-refractivity contribution >= 4 is 10.9 Å². The molecule has 6 heteroatoms. The summed E-state index contributed by atoms with van der Waals surface area (Å²) in [7, 11) is 0. The summed E-state index contributed by atoms with van der Waals surface area (Å²) in [5, 5.41) is 13.9. The SMILES string of the molecule is O=c1cc(CN2CC[C@H]3NCCC[C@]3(CO)C2)[nH]c2ccc(F)cc12. The average molecular weight is 345 g/mol. The second-order valence-electron chi connectivity index (χ2n) is 7.48. The summed E-state index contributed by atoms with van der Waals surface area (Å²) in [6.07, 6.45) is 3.12. The van der Waals surface area contributed by atoms with Crippen LogP contribution < -0.4 is 10.7 Å². The van der Waals surface area contributed by atoms with Gasteiger partial charge >= 0.3 is 0 Å². The maximum Gasteiger partial charge on any atom is 0.189 e. The lowest BCUT2D eigenvalue weighted by Gasteiger charge is -2.50. The molecule has 134 valence electrons. The van der Waals surface area contributed by atoms with Gasteiger partial charge in [-0.15, -0.1) is 0 Å². The minimum absolute atomic E-state index is 0.0865. The maximum atomic E-state index is 13.3. The molecule has 2 aliphatic rings. The number of rotatable bonds is 3. The van der Waals surface area contributed by atoms with E-state index in [1.807, 2.05) is 0 Å². The van der Waals surface area contributed by atoms with Gasteiger partial charge in [0.25, 0.3) is 0 Å². The first-order chi connectivity index (χ1) is 12.1. The molecule has 2 atom stereocenters. The van der Waals surface area contributed by atoms with Crippen LogP contribution in [0, 0.1) is 11.2 Å². The molecule has 5 nitrogen and oxygen atoms in total. The Bertz CT molecular complexity index is 837. The van der Waals surface area contributed by atoms with E-state index >= 15 is 0 Å². The zero-order valence-corrected chi connectivity index (χ0v) is 14.2. The molecular weight excluding hydrogens is 321 g/mol. The highest BCUT2D eigenvalue weighted by Crippen LogP contribution is 2.37. The number of halogens is 1. The van der Waals surface area contributed by atoms with E-state index in [1.54, 1.807) is 12.1 Å². The number of piperidine rings is 2. The van der Waals surface area contributed by atoms with E-state index in [0.717, 1.165) is 44.6 Å². The second kappa shape index (κ2) is 6.52. The standard InChI is InChI=1S/C19H24FN3O2/c20-13-2-3-16-15(8-13)17(25)9-14(22-16)10-23-7-4-18-19(11-23,12-24)5-1-6-21-18/h2-3,8-9,18,21,24H,1,4-7,10-12H2,(H,22,25)/t18-,19-/m1/s1. The van der Waals surface area contributed by atoms with E-state index in [0.29, 0.717) is 23.5 Å². The molecule has 0 radical (unpaired) electrons. The normalized spacial score (nSPS) is 27.4. The first-order valence-corrected chi connectivity index (χ1v) is 8.98. The van der Waals surface area contributed by atoms with Crippen LogP contribution in [0.25, 0.3) is 10.9 Å². The number of aliphatic hydroxyl groups is 1. The fourth-order valence-electron chi connectivity index (χ4n) is 4.52. The van der Waals surface area contributed by atoms with Crippen LogP contribution in [-0.2, 0) is 6.54 Å². The zero-order valence-electron chi connectivity index (χ0n) is 14.2. The molecule has 0 saturated carbocycles. The quantitative estimate of drug-likeness (QED) is 0.790. The average Bonchev–Trinajstić information content (AvgIpc) is 2.62. The Morgan fingerprint density at radius 3 is 3.08 bits per heavy atom. The summed E-state index contributed by atoms with van der Waals surface area (Å²) in [5.41, 5.74) is 1.25. The molecule has 3 N–H and O–H groups in total. The molecule has 0 unspecified atom stereocenters. The third kappa shape index (κ3) is 3.10. The van der Waals surface area contributed by atoms with Crippen molar-refractivity contribution in [3.63, 3.8) is 0 Å². The van der Waals surface area contributed by atoms with E-state index in [-0.39, 0.29) is 17.5 Å². The Morgan fingerprint density at radius 1 is 1.36 bits per heavy atom. The number of fused-ring (bicyclic) bond motifs is 2. The third-order valence-electron chi connectivity index (χ3n) is 5.81. The number of aliphatic hydroxyl groups excluding tert-OH is 1. The molecule has 2 aliphatic heterocycles. The Morgan fingerprint density at radius 2 is 2.24 bits per heavy atom. The van der Waals surface area contributed by atoms with Crippen LogP contribution in [-0.4, -0.2) is 47.3 Å². The summed E-state index contributed by atoms with van der Waals surface area (Å²) in [6, 6.07) is 6.20. The number of aromatic nitrogens is 1. The lowest BCUT2D eigenvalue weighted by Crippen LogP contribution is -2.61. The number of hydrogen-bond acceptors (Lipinski definition) is 4. The van der Waals surface area contributed by atoms with E-state index < -0.39 is 5.82 Å². The van der Waals surface area contributed by atoms with Crippen LogP contribution in [0.3, 0.4) is 0 Å². The van der Waals surface area contributed by atoms with Gasteiger partial charge in [-0.05, 0) is 44.0 Å². The van der Waals surface area contributed by atoms with Crippen molar-refractivity contribution < 1.29 is 9.50 Å². The van der Waals surface area contributed by atoms with Crippen LogP contribution in [0.4, 0.5) is 4.39 Å². The summed E-state index contributed by atoms with van der Waals surface area (Å²) >= 11 is 0. The van der Waals surface area contributed by atoms with Crippen LogP contribution in [0.1, 0.15) is 25.0 Å². The largest absolute Gasteiger partial charge is 0.396 e. The molecule has 0 amide bonds. The predicted octanol–water partition coefficient (Wildman–Crippen LogP) is 1.60. The van der Waals surface area contributed by atoms with E-state index in [4.69, 9.17) is 0 Å². The van der Waals surface area contributed by atoms with Gasteiger partial charge in [-0.3, -0.25) is 9.69 Å². The number of likely N-dealkylation sites (tertiary alicyclic amines) is 1. The topological polar surface area (TPSA) is 68.4 Å². The van der Waals surface area contributed by atoms with E-state index in [9.17, 15) is 14.3 Å². The Kier molecular flexibility index (Phi) is 4.35. The van der Waals surface area contributed by atoms with Gasteiger partial charge in [-0.1, -0.05) is 0 Å². The lowest BCUT2D eigenvalue weighted by atomic mass is 9.71. The molecular formula is C19H24FN3O2. The zero-order chi connectivity index (χ0) is 17.4. The number of benzene rings is 1. The van der Waals surface area contributed by atoms with Crippen LogP contribution >= 0.6 is 0 Å². The van der Waals surface area contributed by atoms with Gasteiger partial charge in [-0.2, -0.15) is 0 Å². The van der Waals surface area contributed by atoms with Crippen LogP contribution in [0.2, 0.25) is 0 Å². The Labute approximate surface area is 145 Å². The first kappa shape index (κ1) is 16.7. The highest BCUT2D eigenvalue weighted by atomic mass is 19.1. The molecule has 2 fully saturated rings. The highest BCUT2D eigenvalue weighted by molar-refractivity contribution is 5.78. The molecule has 1 aromatic heterocycles. The van der Waals surface area contributed by atoms with Crippen molar-refractivity contribution in [2.45, 2.75) is 31.8 Å². The summed E-state index contributed by atoms with van der Waals surface area (Å²) in [6.45, 7) is 3.61. The summed E-state index contributed by atoms with van der Waals surface area (Å²) < 4.78 is 13.3. The molecule has 2 aromatic rings. The number of nitrogens with one attached hydrogen (secondary N) is 2.